The van der Waals surface area contributed by atoms with Gasteiger partial charge in [0.15, 0.2) is 0 Å². The van der Waals surface area contributed by atoms with Crippen LogP contribution in [0.25, 0.3) is 11.3 Å². The van der Waals surface area contributed by atoms with Crippen molar-refractivity contribution >= 4 is 11.9 Å². The van der Waals surface area contributed by atoms with Crippen LogP contribution in [0.5, 0.6) is 5.75 Å². The number of fused-ring (bicyclic) bond motifs is 1. The Hall–Kier alpha value is -3.59. The minimum absolute atomic E-state index is 0.138. The van der Waals surface area contributed by atoms with Gasteiger partial charge in [0.1, 0.15) is 17.3 Å². The van der Waals surface area contributed by atoms with Crippen LogP contribution in [0.2, 0.25) is 0 Å². The van der Waals surface area contributed by atoms with Gasteiger partial charge in [0.25, 0.3) is 5.91 Å². The number of ether oxygens (including phenoxy) is 3. The van der Waals surface area contributed by atoms with Crippen molar-refractivity contribution < 1.29 is 23.8 Å². The first-order chi connectivity index (χ1) is 17.4. The standard InChI is InChI=1S/C27H32N4O5/c1-5-36-27(33)22-16(2)23(28-17(22)3)26(32)30-10-11-31-21(14-30)24(18-7-6-8-20(13-18)34-4)29-25(31)19-9-12-35-15-19/h6-8,13,19,28H,5,9-12,14-15H2,1-4H3. The van der Waals surface area contributed by atoms with Gasteiger partial charge >= 0.3 is 5.97 Å². The molecule has 2 aliphatic rings. The summed E-state index contributed by atoms with van der Waals surface area (Å²) < 4.78 is 18.6. The normalized spacial score (nSPS) is 17.2. The van der Waals surface area contributed by atoms with Crippen LogP contribution in [0.15, 0.2) is 24.3 Å². The minimum atomic E-state index is -0.414. The Bertz CT molecular complexity index is 1300. The van der Waals surface area contributed by atoms with Crippen LogP contribution in [0.4, 0.5) is 0 Å². The van der Waals surface area contributed by atoms with E-state index in [9.17, 15) is 9.59 Å². The molecule has 1 fully saturated rings. The van der Waals surface area contributed by atoms with E-state index in [1.165, 1.54) is 0 Å². The Morgan fingerprint density at radius 3 is 2.81 bits per heavy atom. The molecule has 1 unspecified atom stereocenters. The number of nitrogens with one attached hydrogen (secondary N) is 1. The number of methoxy groups -OCH3 is 1. The molecule has 9 heteroatoms. The first kappa shape index (κ1) is 24.1. The van der Waals surface area contributed by atoms with E-state index >= 15 is 0 Å². The largest absolute Gasteiger partial charge is 0.497 e. The molecule has 1 amide bonds. The second-order valence-electron chi connectivity index (χ2n) is 9.28. The molecule has 1 atom stereocenters. The van der Waals surface area contributed by atoms with Crippen molar-refractivity contribution in [3.05, 3.63) is 58.3 Å². The van der Waals surface area contributed by atoms with Crippen molar-refractivity contribution in [2.45, 2.75) is 46.2 Å². The molecule has 2 aliphatic heterocycles. The predicted octanol–water partition coefficient (Wildman–Crippen LogP) is 3.84. The molecule has 9 nitrogen and oxygen atoms in total. The van der Waals surface area contributed by atoms with Crippen LogP contribution in [-0.2, 0) is 22.6 Å². The van der Waals surface area contributed by atoms with Gasteiger partial charge in [-0.05, 0) is 44.9 Å². The molecule has 0 spiro atoms. The second-order valence-corrected chi connectivity index (χ2v) is 9.28. The van der Waals surface area contributed by atoms with Crippen LogP contribution in [0.1, 0.15) is 62.9 Å². The van der Waals surface area contributed by atoms with Crippen molar-refractivity contribution in [1.82, 2.24) is 19.4 Å². The number of imidazole rings is 1. The number of amides is 1. The van der Waals surface area contributed by atoms with E-state index in [1.807, 2.05) is 29.2 Å². The maximum Gasteiger partial charge on any atom is 0.340 e. The van der Waals surface area contributed by atoms with E-state index in [1.54, 1.807) is 27.9 Å². The fourth-order valence-electron chi connectivity index (χ4n) is 5.25. The maximum atomic E-state index is 13.7. The van der Waals surface area contributed by atoms with Gasteiger partial charge in [-0.25, -0.2) is 9.78 Å². The lowest BCUT2D eigenvalue weighted by Gasteiger charge is -2.30. The first-order valence-corrected chi connectivity index (χ1v) is 12.4. The van der Waals surface area contributed by atoms with Gasteiger partial charge in [-0.1, -0.05) is 12.1 Å². The summed E-state index contributed by atoms with van der Waals surface area (Å²) in [5.74, 6) is 1.46. The van der Waals surface area contributed by atoms with Gasteiger partial charge in [-0.2, -0.15) is 0 Å². The monoisotopic (exact) mass is 492 g/mol. The number of H-pyrrole nitrogens is 1. The number of aromatic amines is 1. The van der Waals surface area contributed by atoms with E-state index in [2.05, 4.69) is 9.55 Å². The highest BCUT2D eigenvalue weighted by molar-refractivity contribution is 6.00. The summed E-state index contributed by atoms with van der Waals surface area (Å²) >= 11 is 0. The molecule has 0 bridgehead atoms. The van der Waals surface area contributed by atoms with Crippen molar-refractivity contribution in [2.24, 2.45) is 0 Å². The number of carbonyl (C=O) groups excluding carboxylic acids is 2. The molecule has 1 saturated heterocycles. The average Bonchev–Trinajstić information content (AvgIpc) is 3.61. The lowest BCUT2D eigenvalue weighted by molar-refractivity contribution is 0.0525. The highest BCUT2D eigenvalue weighted by atomic mass is 16.5. The Morgan fingerprint density at radius 2 is 2.08 bits per heavy atom. The van der Waals surface area contributed by atoms with Crippen LogP contribution in [0.3, 0.4) is 0 Å². The number of nitrogens with zero attached hydrogens (tertiary/aromatic N) is 3. The molecule has 2 aromatic heterocycles. The first-order valence-electron chi connectivity index (χ1n) is 12.4. The third-order valence-corrected chi connectivity index (χ3v) is 7.09. The summed E-state index contributed by atoms with van der Waals surface area (Å²) in [6.07, 6.45) is 0.939. The number of hydrogen-bond acceptors (Lipinski definition) is 6. The van der Waals surface area contributed by atoms with Crippen molar-refractivity contribution in [1.29, 1.82) is 0 Å². The number of esters is 1. The van der Waals surface area contributed by atoms with Gasteiger partial charge in [0.2, 0.25) is 0 Å². The second kappa shape index (κ2) is 9.81. The van der Waals surface area contributed by atoms with Crippen LogP contribution >= 0.6 is 0 Å². The Kier molecular flexibility index (Phi) is 6.57. The molecular formula is C27H32N4O5. The quantitative estimate of drug-likeness (QED) is 0.525. The lowest BCUT2D eigenvalue weighted by atomic mass is 10.1. The highest BCUT2D eigenvalue weighted by Crippen LogP contribution is 2.35. The van der Waals surface area contributed by atoms with E-state index in [4.69, 9.17) is 19.2 Å². The molecule has 0 radical (unpaired) electrons. The highest BCUT2D eigenvalue weighted by Gasteiger charge is 2.33. The molecule has 0 saturated carbocycles. The summed E-state index contributed by atoms with van der Waals surface area (Å²) in [6.45, 7) is 8.63. The van der Waals surface area contributed by atoms with E-state index in [0.717, 1.165) is 41.6 Å². The Morgan fingerprint density at radius 1 is 1.25 bits per heavy atom. The zero-order valence-corrected chi connectivity index (χ0v) is 21.2. The fraction of sp³-hybridized carbons (Fsp3) is 0.444. The fourth-order valence-corrected chi connectivity index (χ4v) is 5.25. The van der Waals surface area contributed by atoms with Crippen molar-refractivity contribution in [3.8, 4) is 17.0 Å². The van der Waals surface area contributed by atoms with Gasteiger partial charge in [-0.15, -0.1) is 0 Å². The van der Waals surface area contributed by atoms with Crippen molar-refractivity contribution in [3.63, 3.8) is 0 Å². The molecule has 3 aromatic rings. The van der Waals surface area contributed by atoms with Crippen LogP contribution in [0, 0.1) is 13.8 Å². The van der Waals surface area contributed by atoms with E-state index in [0.29, 0.717) is 48.8 Å². The van der Waals surface area contributed by atoms with E-state index < -0.39 is 5.97 Å². The number of aryl methyl sites for hydroxylation is 1. The molecule has 5 rings (SSSR count). The predicted molar refractivity (Wildman–Crippen MR) is 133 cm³/mol. The summed E-state index contributed by atoms with van der Waals surface area (Å²) in [5, 5.41) is 0. The zero-order chi connectivity index (χ0) is 25.4. The van der Waals surface area contributed by atoms with Crippen LogP contribution in [-0.4, -0.2) is 64.8 Å². The number of hydrogen-bond donors (Lipinski definition) is 1. The number of aromatic nitrogens is 3. The maximum absolute atomic E-state index is 13.7. The average molecular weight is 493 g/mol. The van der Waals surface area contributed by atoms with Crippen molar-refractivity contribution in [2.75, 3.05) is 33.5 Å². The molecule has 190 valence electrons. The van der Waals surface area contributed by atoms with E-state index in [-0.39, 0.29) is 18.4 Å². The molecule has 0 aliphatic carbocycles. The smallest absolute Gasteiger partial charge is 0.340 e. The van der Waals surface area contributed by atoms with Gasteiger partial charge in [0, 0.05) is 36.9 Å². The summed E-state index contributed by atoms with van der Waals surface area (Å²) in [4.78, 5) is 36.2. The molecule has 36 heavy (non-hydrogen) atoms. The van der Waals surface area contributed by atoms with Gasteiger partial charge < -0.3 is 28.7 Å². The number of rotatable bonds is 6. The van der Waals surface area contributed by atoms with Gasteiger partial charge in [0.05, 0.1) is 43.8 Å². The Balaban J connectivity index is 1.51. The topological polar surface area (TPSA) is 98.7 Å². The lowest BCUT2D eigenvalue weighted by Crippen LogP contribution is -2.39. The third-order valence-electron chi connectivity index (χ3n) is 7.09. The van der Waals surface area contributed by atoms with Gasteiger partial charge in [-0.3, -0.25) is 4.79 Å². The summed E-state index contributed by atoms with van der Waals surface area (Å²) in [5.41, 5.74) is 4.92. The summed E-state index contributed by atoms with van der Waals surface area (Å²) in [7, 11) is 1.65. The number of benzene rings is 1. The zero-order valence-electron chi connectivity index (χ0n) is 21.2. The number of carbonyl (C=O) groups is 2. The minimum Gasteiger partial charge on any atom is -0.497 e. The molecule has 1 aromatic carbocycles. The Labute approximate surface area is 210 Å². The molecular weight excluding hydrogens is 460 g/mol. The third kappa shape index (κ3) is 4.17. The summed E-state index contributed by atoms with van der Waals surface area (Å²) in [6, 6.07) is 7.85. The molecule has 1 N–H and O–H groups in total. The molecule has 4 heterocycles. The van der Waals surface area contributed by atoms with Crippen LogP contribution < -0.4 is 4.74 Å². The SMILES string of the molecule is CCOC(=O)c1c(C)[nH]c(C(=O)N2CCn3c(C4CCOC4)nc(-c4cccc(OC)c4)c3C2)c1C.